The van der Waals surface area contributed by atoms with Gasteiger partial charge in [-0.2, -0.15) is 5.26 Å². The molecule has 0 radical (unpaired) electrons. The van der Waals surface area contributed by atoms with Gasteiger partial charge >= 0.3 is 5.97 Å². The van der Waals surface area contributed by atoms with Gasteiger partial charge in [0, 0.05) is 23.0 Å². The highest BCUT2D eigenvalue weighted by Gasteiger charge is 2.25. The third-order valence-electron chi connectivity index (χ3n) is 4.56. The molecule has 124 valence electrons. The maximum atomic E-state index is 11.9. The second-order valence-electron chi connectivity index (χ2n) is 6.25. The number of hydrogen-bond donors (Lipinski definition) is 0. The number of ether oxygens (including phenoxy) is 1. The lowest BCUT2D eigenvalue weighted by molar-refractivity contribution is -0.138. The van der Waals surface area contributed by atoms with E-state index < -0.39 is 5.97 Å². The van der Waals surface area contributed by atoms with Crippen molar-refractivity contribution in [2.24, 2.45) is 0 Å². The predicted molar refractivity (Wildman–Crippen MR) is 90.1 cm³/mol. The number of carbonyl (C=O) groups excluding carboxylic acids is 1. The van der Waals surface area contributed by atoms with Gasteiger partial charge in [-0.15, -0.1) is 0 Å². The molecular weight excluding hydrogens is 288 g/mol. The molecule has 0 bridgehead atoms. The SMILES string of the molecule is CCOC(=O)C(C#N)=C1C=C(C)N(C2CCCCCC2)C(C)=C1. The van der Waals surface area contributed by atoms with Crippen LogP contribution in [0.1, 0.15) is 59.3 Å². The Labute approximate surface area is 139 Å². The van der Waals surface area contributed by atoms with Crippen molar-refractivity contribution in [3.05, 3.63) is 34.7 Å². The largest absolute Gasteiger partial charge is 0.462 e. The van der Waals surface area contributed by atoms with E-state index in [0.29, 0.717) is 11.6 Å². The Bertz CT molecular complexity index is 563. The van der Waals surface area contributed by atoms with Crippen molar-refractivity contribution in [2.75, 3.05) is 6.61 Å². The molecule has 1 aliphatic heterocycles. The smallest absolute Gasteiger partial charge is 0.349 e. The summed E-state index contributed by atoms with van der Waals surface area (Å²) in [5.41, 5.74) is 2.95. The first-order chi connectivity index (χ1) is 11.1. The van der Waals surface area contributed by atoms with Crippen LogP contribution >= 0.6 is 0 Å². The number of esters is 1. The van der Waals surface area contributed by atoms with Crippen LogP contribution in [0.15, 0.2) is 34.7 Å². The number of hydrogen-bond acceptors (Lipinski definition) is 4. The van der Waals surface area contributed by atoms with E-state index in [2.05, 4.69) is 18.7 Å². The van der Waals surface area contributed by atoms with Crippen LogP contribution in [0.3, 0.4) is 0 Å². The molecule has 2 rings (SSSR count). The van der Waals surface area contributed by atoms with Gasteiger partial charge in [-0.3, -0.25) is 0 Å². The molecule has 4 nitrogen and oxygen atoms in total. The van der Waals surface area contributed by atoms with Crippen molar-refractivity contribution in [3.63, 3.8) is 0 Å². The van der Waals surface area contributed by atoms with E-state index in [0.717, 1.165) is 11.4 Å². The number of rotatable bonds is 3. The van der Waals surface area contributed by atoms with Crippen molar-refractivity contribution in [1.29, 1.82) is 5.26 Å². The van der Waals surface area contributed by atoms with Crippen LogP contribution in [0, 0.1) is 11.3 Å². The van der Waals surface area contributed by atoms with Crippen LogP contribution < -0.4 is 0 Å². The summed E-state index contributed by atoms with van der Waals surface area (Å²) in [5, 5.41) is 9.32. The second-order valence-corrected chi connectivity index (χ2v) is 6.25. The Morgan fingerprint density at radius 1 is 1.22 bits per heavy atom. The number of nitriles is 1. The van der Waals surface area contributed by atoms with E-state index in [1.807, 2.05) is 18.2 Å². The molecule has 0 atom stereocenters. The summed E-state index contributed by atoms with van der Waals surface area (Å²) < 4.78 is 4.99. The zero-order valence-electron chi connectivity index (χ0n) is 14.4. The Kier molecular flexibility index (Phi) is 6.04. The number of nitrogens with zero attached hydrogens (tertiary/aromatic N) is 2. The van der Waals surface area contributed by atoms with Crippen LogP contribution in [-0.2, 0) is 9.53 Å². The molecule has 0 N–H and O–H groups in total. The first-order valence-electron chi connectivity index (χ1n) is 8.55. The first-order valence-corrected chi connectivity index (χ1v) is 8.55. The third-order valence-corrected chi connectivity index (χ3v) is 4.56. The molecule has 0 aromatic carbocycles. The second kappa shape index (κ2) is 8.01. The van der Waals surface area contributed by atoms with E-state index in [1.165, 1.54) is 38.5 Å². The monoisotopic (exact) mass is 314 g/mol. The summed E-state index contributed by atoms with van der Waals surface area (Å²) in [6.45, 7) is 6.13. The van der Waals surface area contributed by atoms with Crippen LogP contribution in [0.4, 0.5) is 0 Å². The Morgan fingerprint density at radius 2 is 1.78 bits per heavy atom. The molecule has 1 heterocycles. The molecule has 0 amide bonds. The molecule has 0 aromatic rings. The van der Waals surface area contributed by atoms with E-state index in [9.17, 15) is 10.1 Å². The molecule has 1 saturated carbocycles. The average Bonchev–Trinajstić information content (AvgIpc) is 2.77. The van der Waals surface area contributed by atoms with Crippen molar-refractivity contribution in [3.8, 4) is 6.07 Å². The Morgan fingerprint density at radius 3 is 2.26 bits per heavy atom. The van der Waals surface area contributed by atoms with Gasteiger partial charge in [0.25, 0.3) is 0 Å². The van der Waals surface area contributed by atoms with E-state index >= 15 is 0 Å². The third kappa shape index (κ3) is 4.04. The Balaban J connectivity index is 2.30. The lowest BCUT2D eigenvalue weighted by Gasteiger charge is -2.37. The summed E-state index contributed by atoms with van der Waals surface area (Å²) in [4.78, 5) is 14.3. The average molecular weight is 314 g/mol. The van der Waals surface area contributed by atoms with Crippen molar-refractivity contribution in [1.82, 2.24) is 4.90 Å². The lowest BCUT2D eigenvalue weighted by atomic mass is 9.98. The van der Waals surface area contributed by atoms with Crippen molar-refractivity contribution >= 4 is 5.97 Å². The highest BCUT2D eigenvalue weighted by Crippen LogP contribution is 2.32. The zero-order chi connectivity index (χ0) is 16.8. The van der Waals surface area contributed by atoms with Gasteiger partial charge < -0.3 is 9.64 Å². The molecule has 0 aromatic heterocycles. The minimum Gasteiger partial charge on any atom is -0.462 e. The minimum atomic E-state index is -0.541. The maximum Gasteiger partial charge on any atom is 0.349 e. The molecule has 0 unspecified atom stereocenters. The van der Waals surface area contributed by atoms with Gasteiger partial charge in [-0.05, 0) is 45.8 Å². The predicted octanol–water partition coefficient (Wildman–Crippen LogP) is 4.22. The highest BCUT2D eigenvalue weighted by molar-refractivity contribution is 5.95. The molecule has 1 fully saturated rings. The van der Waals surface area contributed by atoms with Gasteiger partial charge in [0.2, 0.25) is 0 Å². The van der Waals surface area contributed by atoms with E-state index in [-0.39, 0.29) is 12.2 Å². The summed E-state index contributed by atoms with van der Waals surface area (Å²) in [6.07, 6.45) is 11.5. The topological polar surface area (TPSA) is 53.3 Å². The summed E-state index contributed by atoms with van der Waals surface area (Å²) in [7, 11) is 0. The van der Waals surface area contributed by atoms with Gasteiger partial charge in [0.05, 0.1) is 6.61 Å². The van der Waals surface area contributed by atoms with Crippen LogP contribution in [-0.4, -0.2) is 23.5 Å². The van der Waals surface area contributed by atoms with E-state index in [4.69, 9.17) is 4.74 Å². The molecule has 1 aliphatic carbocycles. The summed E-state index contributed by atoms with van der Waals surface area (Å²) in [5.74, 6) is -0.541. The van der Waals surface area contributed by atoms with Crippen molar-refractivity contribution < 1.29 is 9.53 Å². The summed E-state index contributed by atoms with van der Waals surface area (Å²) >= 11 is 0. The molecule has 23 heavy (non-hydrogen) atoms. The zero-order valence-corrected chi connectivity index (χ0v) is 14.4. The van der Waals surface area contributed by atoms with Crippen molar-refractivity contribution in [2.45, 2.75) is 65.3 Å². The van der Waals surface area contributed by atoms with Gasteiger partial charge in [0.15, 0.2) is 0 Å². The standard InChI is InChI=1S/C19H26N2O2/c1-4-23-19(22)18(13-20)16-11-14(2)21(15(3)12-16)17-9-7-5-6-8-10-17/h11-12,17H,4-10H2,1-3H3. The molecule has 0 spiro atoms. The normalized spacial score (nSPS) is 19.4. The minimum absolute atomic E-state index is 0.0890. The maximum absolute atomic E-state index is 11.9. The number of allylic oxidation sites excluding steroid dienone is 5. The molecule has 4 heteroatoms. The molecular formula is C19H26N2O2. The fraction of sp³-hybridized carbons (Fsp3) is 0.579. The van der Waals surface area contributed by atoms with Crippen LogP contribution in [0.25, 0.3) is 0 Å². The van der Waals surface area contributed by atoms with Gasteiger partial charge in [-0.25, -0.2) is 4.79 Å². The van der Waals surface area contributed by atoms with E-state index in [1.54, 1.807) is 6.92 Å². The molecule has 0 saturated heterocycles. The highest BCUT2D eigenvalue weighted by atomic mass is 16.5. The fourth-order valence-corrected chi connectivity index (χ4v) is 3.58. The number of carbonyl (C=O) groups is 1. The first kappa shape index (κ1) is 17.3. The van der Waals surface area contributed by atoms with Crippen LogP contribution in [0.2, 0.25) is 0 Å². The lowest BCUT2D eigenvalue weighted by Crippen LogP contribution is -2.33. The molecule has 2 aliphatic rings. The quantitative estimate of drug-likeness (QED) is 0.339. The summed E-state index contributed by atoms with van der Waals surface area (Å²) in [6, 6.07) is 2.53. The van der Waals surface area contributed by atoms with Gasteiger partial charge in [0.1, 0.15) is 11.6 Å². The van der Waals surface area contributed by atoms with Gasteiger partial charge in [-0.1, -0.05) is 25.7 Å². The van der Waals surface area contributed by atoms with Crippen LogP contribution in [0.5, 0.6) is 0 Å². The Hall–Kier alpha value is -2.02. The fourth-order valence-electron chi connectivity index (χ4n) is 3.58.